The highest BCUT2D eigenvalue weighted by Gasteiger charge is 2.24. The maximum Gasteiger partial charge on any atom is 0.321 e. The Morgan fingerprint density at radius 3 is 2.55 bits per heavy atom. The van der Waals surface area contributed by atoms with E-state index in [0.29, 0.717) is 24.1 Å². The van der Waals surface area contributed by atoms with Crippen LogP contribution in [0.5, 0.6) is 17.2 Å². The molecule has 7 nitrogen and oxygen atoms in total. The summed E-state index contributed by atoms with van der Waals surface area (Å²) in [5, 5.41) is 3.05. The molecule has 0 saturated heterocycles. The van der Waals surface area contributed by atoms with Crippen LogP contribution in [-0.2, 0) is 19.3 Å². The van der Waals surface area contributed by atoms with E-state index in [-0.39, 0.29) is 6.03 Å². The number of fused-ring (bicyclic) bond motifs is 2. The highest BCUT2D eigenvalue weighted by Crippen LogP contribution is 2.35. The van der Waals surface area contributed by atoms with Crippen molar-refractivity contribution in [2.24, 2.45) is 0 Å². The maximum absolute atomic E-state index is 12.8. The Morgan fingerprint density at radius 1 is 1.00 bits per heavy atom. The van der Waals surface area contributed by atoms with E-state index in [1.54, 1.807) is 21.3 Å². The van der Waals surface area contributed by atoms with Crippen LogP contribution in [0.4, 0.5) is 10.5 Å². The van der Waals surface area contributed by atoms with Crippen molar-refractivity contribution in [1.82, 2.24) is 9.80 Å². The lowest BCUT2D eigenvalue weighted by molar-refractivity contribution is 0.194. The van der Waals surface area contributed by atoms with Gasteiger partial charge in [-0.15, -0.1) is 0 Å². The van der Waals surface area contributed by atoms with Gasteiger partial charge in [0.1, 0.15) is 5.75 Å². The number of carbonyl (C=O) groups is 1. The van der Waals surface area contributed by atoms with Crippen LogP contribution >= 0.6 is 0 Å². The van der Waals surface area contributed by atoms with Gasteiger partial charge in [-0.2, -0.15) is 0 Å². The van der Waals surface area contributed by atoms with Gasteiger partial charge in [-0.3, -0.25) is 0 Å². The largest absolute Gasteiger partial charge is 0.497 e. The van der Waals surface area contributed by atoms with Crippen molar-refractivity contribution < 1.29 is 19.0 Å². The standard InChI is InChI=1S/C26H35N3O4/c1-28(21-8-6-19-15-22(31-2)9-7-18(19)14-21)11-5-12-29-13-10-20-16-24(32-3)25(33-4)17-23(20)27-26(29)30/h7,9,15-17,21H,5-6,8,10-14H2,1-4H3,(H,27,30). The van der Waals surface area contributed by atoms with E-state index in [1.165, 1.54) is 11.1 Å². The minimum atomic E-state index is -0.0517. The van der Waals surface area contributed by atoms with E-state index in [0.717, 1.165) is 62.2 Å². The van der Waals surface area contributed by atoms with Crippen molar-refractivity contribution in [3.05, 3.63) is 47.0 Å². The second-order valence-electron chi connectivity index (χ2n) is 8.90. The number of anilines is 1. The molecule has 0 spiro atoms. The zero-order valence-corrected chi connectivity index (χ0v) is 20.1. The van der Waals surface area contributed by atoms with Gasteiger partial charge >= 0.3 is 6.03 Å². The minimum absolute atomic E-state index is 0.0517. The zero-order valence-electron chi connectivity index (χ0n) is 20.1. The second kappa shape index (κ2) is 10.3. The molecule has 0 saturated carbocycles. The molecule has 1 N–H and O–H groups in total. The number of urea groups is 1. The van der Waals surface area contributed by atoms with Crippen LogP contribution in [-0.4, -0.2) is 69.9 Å². The number of benzene rings is 2. The van der Waals surface area contributed by atoms with Gasteiger partial charge in [0.25, 0.3) is 0 Å². The van der Waals surface area contributed by atoms with Crippen LogP contribution < -0.4 is 19.5 Å². The monoisotopic (exact) mass is 453 g/mol. The molecule has 4 rings (SSSR count). The summed E-state index contributed by atoms with van der Waals surface area (Å²) in [6, 6.07) is 10.7. The van der Waals surface area contributed by atoms with Crippen LogP contribution in [0.2, 0.25) is 0 Å². The number of methoxy groups -OCH3 is 3. The molecule has 0 bridgehead atoms. The molecule has 2 aliphatic rings. The summed E-state index contributed by atoms with van der Waals surface area (Å²) in [5.41, 5.74) is 4.70. The number of likely N-dealkylation sites (N-methyl/N-ethyl adjacent to an activating group) is 1. The Morgan fingerprint density at radius 2 is 1.79 bits per heavy atom. The first-order valence-electron chi connectivity index (χ1n) is 11.7. The van der Waals surface area contributed by atoms with Crippen molar-refractivity contribution >= 4 is 11.7 Å². The van der Waals surface area contributed by atoms with Crippen molar-refractivity contribution in [3.63, 3.8) is 0 Å². The highest BCUT2D eigenvalue weighted by molar-refractivity contribution is 5.91. The summed E-state index contributed by atoms with van der Waals surface area (Å²) < 4.78 is 16.2. The summed E-state index contributed by atoms with van der Waals surface area (Å²) in [4.78, 5) is 17.2. The maximum atomic E-state index is 12.8. The number of hydrogen-bond acceptors (Lipinski definition) is 5. The van der Waals surface area contributed by atoms with Crippen LogP contribution in [0, 0.1) is 0 Å². The Hall–Kier alpha value is -2.93. The third-order valence-electron chi connectivity index (χ3n) is 6.97. The van der Waals surface area contributed by atoms with Crippen molar-refractivity contribution in [2.75, 3.05) is 53.3 Å². The van der Waals surface area contributed by atoms with E-state index in [9.17, 15) is 4.79 Å². The highest BCUT2D eigenvalue weighted by atomic mass is 16.5. The van der Waals surface area contributed by atoms with E-state index in [1.807, 2.05) is 17.0 Å². The fourth-order valence-corrected chi connectivity index (χ4v) is 4.92. The van der Waals surface area contributed by atoms with E-state index in [2.05, 4.69) is 35.5 Å². The zero-order chi connectivity index (χ0) is 23.4. The molecule has 1 atom stereocenters. The van der Waals surface area contributed by atoms with Crippen molar-refractivity contribution in [2.45, 2.75) is 38.1 Å². The van der Waals surface area contributed by atoms with Gasteiger partial charge in [-0.25, -0.2) is 4.79 Å². The third-order valence-corrected chi connectivity index (χ3v) is 6.97. The van der Waals surface area contributed by atoms with Gasteiger partial charge in [0.2, 0.25) is 0 Å². The Bertz CT molecular complexity index is 994. The number of nitrogens with zero attached hydrogens (tertiary/aromatic N) is 2. The number of amides is 2. The van der Waals surface area contributed by atoms with Crippen LogP contribution in [0.1, 0.15) is 29.5 Å². The molecule has 2 amide bonds. The van der Waals surface area contributed by atoms with Crippen LogP contribution in [0.15, 0.2) is 30.3 Å². The molecule has 178 valence electrons. The van der Waals surface area contributed by atoms with Gasteiger partial charge in [0, 0.05) is 30.9 Å². The molecule has 0 fully saturated rings. The summed E-state index contributed by atoms with van der Waals surface area (Å²) in [7, 11) is 7.16. The smallest absolute Gasteiger partial charge is 0.321 e. The molecule has 33 heavy (non-hydrogen) atoms. The van der Waals surface area contributed by atoms with Crippen LogP contribution in [0.25, 0.3) is 0 Å². The molecular weight excluding hydrogens is 418 g/mol. The quantitative estimate of drug-likeness (QED) is 0.655. The lowest BCUT2D eigenvalue weighted by atomic mass is 9.87. The lowest BCUT2D eigenvalue weighted by Gasteiger charge is -2.33. The summed E-state index contributed by atoms with van der Waals surface area (Å²) in [6.07, 6.45) is 5.03. The number of hydrogen-bond donors (Lipinski definition) is 1. The lowest BCUT2D eigenvalue weighted by Crippen LogP contribution is -2.40. The van der Waals surface area contributed by atoms with E-state index >= 15 is 0 Å². The molecule has 1 unspecified atom stereocenters. The molecule has 2 aromatic carbocycles. The number of rotatable bonds is 8. The fraction of sp³-hybridized carbons (Fsp3) is 0.500. The number of ether oxygens (including phenoxy) is 3. The molecule has 7 heteroatoms. The van der Waals surface area contributed by atoms with Gasteiger partial charge in [0.15, 0.2) is 11.5 Å². The number of carbonyl (C=O) groups excluding carboxylic acids is 1. The molecular formula is C26H35N3O4. The first-order valence-corrected chi connectivity index (χ1v) is 11.7. The Labute approximate surface area is 196 Å². The normalized spacial score (nSPS) is 17.7. The van der Waals surface area contributed by atoms with Gasteiger partial charge in [0.05, 0.1) is 21.3 Å². The van der Waals surface area contributed by atoms with E-state index in [4.69, 9.17) is 14.2 Å². The third kappa shape index (κ3) is 5.19. The minimum Gasteiger partial charge on any atom is -0.497 e. The predicted octanol–water partition coefficient (Wildman–Crippen LogP) is 3.98. The van der Waals surface area contributed by atoms with Gasteiger partial charge in [-0.05, 0) is 80.6 Å². The summed E-state index contributed by atoms with van der Waals surface area (Å²) >= 11 is 0. The van der Waals surface area contributed by atoms with Crippen molar-refractivity contribution in [1.29, 1.82) is 0 Å². The molecule has 1 aliphatic heterocycles. The molecule has 0 aromatic heterocycles. The number of aryl methyl sites for hydroxylation is 1. The molecule has 2 aromatic rings. The SMILES string of the molecule is COc1ccc2c(c1)CCC(N(C)CCCN1CCc3cc(OC)c(OC)cc3NC1=O)C2. The Kier molecular flexibility index (Phi) is 7.28. The average molecular weight is 454 g/mol. The first-order chi connectivity index (χ1) is 16.0. The molecule has 1 heterocycles. The fourth-order valence-electron chi connectivity index (χ4n) is 4.92. The summed E-state index contributed by atoms with van der Waals surface area (Å²) in [6.45, 7) is 2.39. The second-order valence-corrected chi connectivity index (χ2v) is 8.90. The molecule has 0 radical (unpaired) electrons. The number of nitrogens with one attached hydrogen (secondary N) is 1. The van der Waals surface area contributed by atoms with E-state index < -0.39 is 0 Å². The summed E-state index contributed by atoms with van der Waals surface area (Å²) in [5.74, 6) is 2.25. The topological polar surface area (TPSA) is 63.3 Å². The van der Waals surface area contributed by atoms with Crippen molar-refractivity contribution in [3.8, 4) is 17.2 Å². The average Bonchev–Trinajstić information content (AvgIpc) is 2.99. The van der Waals surface area contributed by atoms with Gasteiger partial charge < -0.3 is 29.3 Å². The first kappa shape index (κ1) is 23.2. The predicted molar refractivity (Wildman–Crippen MR) is 130 cm³/mol. The molecule has 1 aliphatic carbocycles. The Balaban J connectivity index is 1.30. The van der Waals surface area contributed by atoms with Gasteiger partial charge in [-0.1, -0.05) is 6.07 Å². The van der Waals surface area contributed by atoms with Crippen LogP contribution in [0.3, 0.4) is 0 Å².